The molecule has 5 heterocycles. The van der Waals surface area contributed by atoms with Crippen molar-refractivity contribution in [1.29, 1.82) is 0 Å². The molecule has 0 radical (unpaired) electrons. The van der Waals surface area contributed by atoms with Gasteiger partial charge in [-0.3, -0.25) is 9.48 Å². The molecule has 3 N–H and O–H groups in total. The highest BCUT2D eigenvalue weighted by atomic mass is 32.1. The Balaban J connectivity index is 1.37. The summed E-state index contributed by atoms with van der Waals surface area (Å²) in [6.07, 6.45) is 2.91. The highest BCUT2D eigenvalue weighted by Gasteiger charge is 2.37. The van der Waals surface area contributed by atoms with Crippen LogP contribution in [-0.4, -0.2) is 45.3 Å². The number of alkyl halides is 3. The van der Waals surface area contributed by atoms with Crippen molar-refractivity contribution in [3.8, 4) is 10.6 Å². The second-order valence-corrected chi connectivity index (χ2v) is 10.3. The van der Waals surface area contributed by atoms with E-state index in [0.29, 0.717) is 35.1 Å². The van der Waals surface area contributed by atoms with E-state index in [9.17, 15) is 18.0 Å². The Hall–Kier alpha value is -2.99. The lowest BCUT2D eigenvalue weighted by Crippen LogP contribution is -2.30. The number of hydrogen-bond donors (Lipinski definition) is 3. The maximum Gasteiger partial charge on any atom is 0.420 e. The fraction of sp³-hybridized carbons (Fsp3) is 0.478. The van der Waals surface area contributed by atoms with E-state index in [1.807, 2.05) is 4.68 Å². The number of carbonyl (C=O) groups is 1. The number of nitrogens with one attached hydrogen (secondary N) is 3. The van der Waals surface area contributed by atoms with Gasteiger partial charge in [-0.2, -0.15) is 18.3 Å². The summed E-state index contributed by atoms with van der Waals surface area (Å²) in [7, 11) is 0. The van der Waals surface area contributed by atoms with Crippen molar-refractivity contribution in [3.63, 3.8) is 0 Å². The minimum Gasteiger partial charge on any atom is -0.352 e. The fourth-order valence-electron chi connectivity index (χ4n) is 4.71. The van der Waals surface area contributed by atoms with Crippen LogP contribution in [0.5, 0.6) is 0 Å². The molecule has 3 aromatic heterocycles. The summed E-state index contributed by atoms with van der Waals surface area (Å²) < 4.78 is 43.5. The first-order chi connectivity index (χ1) is 16.9. The van der Waals surface area contributed by atoms with Crippen molar-refractivity contribution in [3.05, 3.63) is 40.0 Å². The van der Waals surface area contributed by atoms with Gasteiger partial charge >= 0.3 is 6.18 Å². The number of anilines is 2. The van der Waals surface area contributed by atoms with Crippen LogP contribution in [0.25, 0.3) is 10.6 Å². The maximum atomic E-state index is 13.8. The summed E-state index contributed by atoms with van der Waals surface area (Å²) in [6.45, 7) is 2.33. The first-order valence-corrected chi connectivity index (χ1v) is 12.6. The first-order valence-electron chi connectivity index (χ1n) is 11.8. The van der Waals surface area contributed by atoms with Crippen LogP contribution in [0.4, 0.5) is 24.9 Å². The molecule has 8 nitrogen and oxygen atoms in total. The van der Waals surface area contributed by atoms with Gasteiger partial charge in [-0.1, -0.05) is 0 Å². The highest BCUT2D eigenvalue weighted by molar-refractivity contribution is 7.15. The van der Waals surface area contributed by atoms with Crippen LogP contribution >= 0.6 is 11.3 Å². The van der Waals surface area contributed by atoms with Gasteiger partial charge in [0.15, 0.2) is 5.82 Å². The number of piperidine rings is 1. The smallest absolute Gasteiger partial charge is 0.352 e. The molecule has 3 aliphatic rings. The molecule has 0 atom stereocenters. The van der Waals surface area contributed by atoms with Crippen molar-refractivity contribution in [2.24, 2.45) is 0 Å². The van der Waals surface area contributed by atoms with Gasteiger partial charge in [0.1, 0.15) is 5.56 Å². The lowest BCUT2D eigenvalue weighted by molar-refractivity contribution is -0.137. The normalized spacial score (nSPS) is 18.9. The topological polar surface area (TPSA) is 96.8 Å². The summed E-state index contributed by atoms with van der Waals surface area (Å²) in [6, 6.07) is 1.79. The molecule has 2 aliphatic heterocycles. The fourth-order valence-corrected chi connectivity index (χ4v) is 5.87. The van der Waals surface area contributed by atoms with E-state index in [2.05, 4.69) is 32.1 Å². The molecule has 0 bridgehead atoms. The molecule has 12 heteroatoms. The lowest BCUT2D eigenvalue weighted by Gasteiger charge is -2.22. The number of amides is 1. The number of carbonyl (C=O) groups excluding carboxylic acids is 1. The molecular formula is C23H24F3N7OS. The Morgan fingerprint density at radius 3 is 2.66 bits per heavy atom. The van der Waals surface area contributed by atoms with E-state index in [1.54, 1.807) is 0 Å². The standard InChI is InChI=1S/C23H24F3N7OS/c24-23(25,26)16-10-29-22(30-19(16)18-9-14-17(35-18)5-8-28-21(14)34)31-20-15(12-1-2-12)11-33(32-20)13-3-6-27-7-4-13/h9-13,27H,1-8H2,(H,28,34)(H,29,30,31,32). The summed E-state index contributed by atoms with van der Waals surface area (Å²) in [5.41, 5.74) is 0.309. The molecule has 0 aromatic carbocycles. The Labute approximate surface area is 203 Å². The van der Waals surface area contributed by atoms with Crippen molar-refractivity contribution in [2.45, 2.75) is 50.2 Å². The van der Waals surface area contributed by atoms with Gasteiger partial charge in [0, 0.05) is 29.4 Å². The molecule has 1 amide bonds. The molecule has 1 saturated heterocycles. The molecule has 1 saturated carbocycles. The summed E-state index contributed by atoms with van der Waals surface area (Å²) in [5, 5.41) is 13.9. The predicted octanol–water partition coefficient (Wildman–Crippen LogP) is 4.25. The minimum atomic E-state index is -4.63. The summed E-state index contributed by atoms with van der Waals surface area (Å²) >= 11 is 1.17. The Morgan fingerprint density at radius 1 is 1.14 bits per heavy atom. The van der Waals surface area contributed by atoms with Crippen molar-refractivity contribution in [2.75, 3.05) is 25.0 Å². The number of nitrogens with zero attached hydrogens (tertiary/aromatic N) is 4. The van der Waals surface area contributed by atoms with E-state index < -0.39 is 11.7 Å². The van der Waals surface area contributed by atoms with Gasteiger partial charge in [0.05, 0.1) is 22.2 Å². The number of hydrogen-bond acceptors (Lipinski definition) is 7. The van der Waals surface area contributed by atoms with E-state index in [1.165, 1.54) is 17.4 Å². The molecule has 35 heavy (non-hydrogen) atoms. The number of aromatic nitrogens is 4. The molecule has 3 aromatic rings. The third kappa shape index (κ3) is 4.40. The molecular weight excluding hydrogens is 479 g/mol. The monoisotopic (exact) mass is 503 g/mol. The van der Waals surface area contributed by atoms with Crippen LogP contribution in [0.2, 0.25) is 0 Å². The Kier molecular flexibility index (Phi) is 5.52. The largest absolute Gasteiger partial charge is 0.420 e. The first kappa shape index (κ1) is 22.5. The Morgan fingerprint density at radius 2 is 1.94 bits per heavy atom. The number of thiophene rings is 1. The van der Waals surface area contributed by atoms with Crippen LogP contribution in [0.15, 0.2) is 18.5 Å². The van der Waals surface area contributed by atoms with Gasteiger partial charge in [0.25, 0.3) is 5.91 Å². The van der Waals surface area contributed by atoms with Crippen LogP contribution in [0.3, 0.4) is 0 Å². The third-order valence-corrected chi connectivity index (χ3v) is 7.91. The van der Waals surface area contributed by atoms with Crippen LogP contribution in [0.1, 0.15) is 64.0 Å². The van der Waals surface area contributed by atoms with Crippen molar-refractivity contribution in [1.82, 2.24) is 30.4 Å². The van der Waals surface area contributed by atoms with E-state index in [0.717, 1.165) is 55.4 Å². The third-order valence-electron chi connectivity index (χ3n) is 6.71. The zero-order valence-electron chi connectivity index (χ0n) is 18.8. The van der Waals surface area contributed by atoms with E-state index in [-0.39, 0.29) is 23.6 Å². The van der Waals surface area contributed by atoms with Gasteiger partial charge in [-0.05, 0) is 57.2 Å². The van der Waals surface area contributed by atoms with Crippen molar-refractivity contribution >= 4 is 29.0 Å². The van der Waals surface area contributed by atoms with Crippen LogP contribution in [-0.2, 0) is 12.6 Å². The molecule has 1 aliphatic carbocycles. The van der Waals surface area contributed by atoms with Gasteiger partial charge in [-0.25, -0.2) is 9.97 Å². The van der Waals surface area contributed by atoms with E-state index in [4.69, 9.17) is 5.10 Å². The molecule has 6 rings (SSSR count). The van der Waals surface area contributed by atoms with E-state index >= 15 is 0 Å². The predicted molar refractivity (Wildman–Crippen MR) is 125 cm³/mol. The average Bonchev–Trinajstić information content (AvgIpc) is 3.44. The Bertz CT molecular complexity index is 1270. The average molecular weight is 504 g/mol. The number of rotatable bonds is 5. The zero-order valence-corrected chi connectivity index (χ0v) is 19.6. The molecule has 184 valence electrons. The molecule has 0 unspecified atom stereocenters. The molecule has 0 spiro atoms. The molecule has 2 fully saturated rings. The summed E-state index contributed by atoms with van der Waals surface area (Å²) in [4.78, 5) is 21.5. The number of halogens is 3. The summed E-state index contributed by atoms with van der Waals surface area (Å²) in [5.74, 6) is 0.777. The maximum absolute atomic E-state index is 13.8. The second kappa shape index (κ2) is 8.59. The zero-order chi connectivity index (χ0) is 24.2. The SMILES string of the molecule is O=C1NCCc2sc(-c3nc(Nc4nn(C5CCNCC5)cc4C4CC4)ncc3C(F)(F)F)cc21. The van der Waals surface area contributed by atoms with Gasteiger partial charge < -0.3 is 16.0 Å². The van der Waals surface area contributed by atoms with Crippen LogP contribution < -0.4 is 16.0 Å². The lowest BCUT2D eigenvalue weighted by atomic mass is 10.1. The van der Waals surface area contributed by atoms with Crippen LogP contribution in [0, 0.1) is 0 Å². The van der Waals surface area contributed by atoms with Gasteiger partial charge in [0.2, 0.25) is 5.95 Å². The quantitative estimate of drug-likeness (QED) is 0.482. The minimum absolute atomic E-state index is 0.0567. The van der Waals surface area contributed by atoms with Gasteiger partial charge in [-0.15, -0.1) is 11.3 Å². The second-order valence-electron chi connectivity index (χ2n) is 9.20. The highest BCUT2D eigenvalue weighted by Crippen LogP contribution is 2.45. The van der Waals surface area contributed by atoms with Crippen molar-refractivity contribution < 1.29 is 18.0 Å². The number of fused-ring (bicyclic) bond motifs is 1.